The average Bonchev–Trinajstić information content (AvgIpc) is 2.71. The highest BCUT2D eigenvalue weighted by Crippen LogP contribution is 2.32. The van der Waals surface area contributed by atoms with E-state index in [1.807, 2.05) is 0 Å². The Balaban J connectivity index is 1.64. The lowest BCUT2D eigenvalue weighted by Gasteiger charge is -2.19. The normalized spacial score (nSPS) is 12.4. The van der Waals surface area contributed by atoms with E-state index >= 15 is 0 Å². The zero-order valence-corrected chi connectivity index (χ0v) is 15.7. The number of ether oxygens (including phenoxy) is 2. The molecule has 0 fully saturated rings. The molecule has 27 heavy (non-hydrogen) atoms. The van der Waals surface area contributed by atoms with Crippen LogP contribution in [0, 0.1) is 0 Å². The first kappa shape index (κ1) is 18.8. The number of carbonyl (C=O) groups excluding carboxylic acids is 2. The van der Waals surface area contributed by atoms with Gasteiger partial charge in [0.05, 0.1) is 0 Å². The summed E-state index contributed by atoms with van der Waals surface area (Å²) in [6.45, 7) is 3.83. The molecule has 0 saturated carbocycles. The van der Waals surface area contributed by atoms with Gasteiger partial charge in [0.2, 0.25) is 0 Å². The number of rotatable bonds is 6. The van der Waals surface area contributed by atoms with E-state index in [-0.39, 0.29) is 11.8 Å². The van der Waals surface area contributed by atoms with Crippen molar-refractivity contribution in [3.63, 3.8) is 0 Å². The first-order valence-corrected chi connectivity index (χ1v) is 9.15. The molecule has 6 heteroatoms. The highest BCUT2D eigenvalue weighted by Gasteiger charge is 2.15. The van der Waals surface area contributed by atoms with Crippen molar-refractivity contribution in [1.29, 1.82) is 0 Å². The smallest absolute Gasteiger partial charge is 0.255 e. The van der Waals surface area contributed by atoms with E-state index in [1.165, 1.54) is 0 Å². The lowest BCUT2D eigenvalue weighted by molar-refractivity contribution is 0.0792. The van der Waals surface area contributed by atoms with E-state index in [2.05, 4.69) is 12.2 Å². The molecule has 1 N–H and O–H groups in total. The van der Waals surface area contributed by atoms with Gasteiger partial charge in [-0.25, -0.2) is 0 Å². The Morgan fingerprint density at radius 2 is 1.67 bits per heavy atom. The quantitative estimate of drug-likeness (QED) is 0.846. The van der Waals surface area contributed by atoms with Gasteiger partial charge in [0.25, 0.3) is 11.8 Å². The third-order valence-electron chi connectivity index (χ3n) is 4.39. The van der Waals surface area contributed by atoms with Gasteiger partial charge in [-0.1, -0.05) is 13.3 Å². The van der Waals surface area contributed by atoms with Crippen molar-refractivity contribution in [3.05, 3.63) is 53.6 Å². The summed E-state index contributed by atoms with van der Waals surface area (Å²) in [5, 5.41) is 2.84. The molecular weight excluding hydrogens is 344 g/mol. The fourth-order valence-corrected chi connectivity index (χ4v) is 2.81. The second-order valence-corrected chi connectivity index (χ2v) is 6.47. The van der Waals surface area contributed by atoms with Gasteiger partial charge in [-0.15, -0.1) is 0 Å². The molecule has 1 aliphatic rings. The molecule has 0 atom stereocenters. The minimum atomic E-state index is -0.245. The fraction of sp³-hybridized carbons (Fsp3) is 0.333. The largest absolute Gasteiger partial charge is 0.486 e. The van der Waals surface area contributed by atoms with Crippen LogP contribution in [0.3, 0.4) is 0 Å². The molecule has 142 valence electrons. The number of nitrogens with zero attached hydrogens (tertiary/aromatic N) is 1. The summed E-state index contributed by atoms with van der Waals surface area (Å²) in [4.78, 5) is 26.5. The third kappa shape index (κ3) is 4.58. The minimum absolute atomic E-state index is 0.0396. The van der Waals surface area contributed by atoms with Crippen molar-refractivity contribution in [2.45, 2.75) is 19.8 Å². The van der Waals surface area contributed by atoms with Crippen molar-refractivity contribution in [2.24, 2.45) is 0 Å². The molecule has 1 aliphatic heterocycles. The molecule has 6 nitrogen and oxygen atoms in total. The molecule has 0 spiro atoms. The summed E-state index contributed by atoms with van der Waals surface area (Å²) in [6.07, 6.45) is 2.01. The van der Waals surface area contributed by atoms with Crippen molar-refractivity contribution >= 4 is 17.5 Å². The minimum Gasteiger partial charge on any atom is -0.486 e. The lowest BCUT2D eigenvalue weighted by Crippen LogP contribution is -2.27. The van der Waals surface area contributed by atoms with Gasteiger partial charge < -0.3 is 19.7 Å². The SMILES string of the molecule is CCCCN(C)C(=O)c1ccc(C(=O)Nc2ccc3c(c2)OCCO3)cc1. The molecule has 0 saturated heterocycles. The summed E-state index contributed by atoms with van der Waals surface area (Å²) in [7, 11) is 1.79. The maximum atomic E-state index is 12.5. The molecule has 0 aliphatic carbocycles. The van der Waals surface area contributed by atoms with E-state index in [9.17, 15) is 9.59 Å². The van der Waals surface area contributed by atoms with Crippen LogP contribution in [0.25, 0.3) is 0 Å². The first-order valence-electron chi connectivity index (χ1n) is 9.15. The highest BCUT2D eigenvalue weighted by atomic mass is 16.6. The number of anilines is 1. The molecule has 1 heterocycles. The highest BCUT2D eigenvalue weighted by molar-refractivity contribution is 6.05. The number of amides is 2. The lowest BCUT2D eigenvalue weighted by atomic mass is 10.1. The fourth-order valence-electron chi connectivity index (χ4n) is 2.81. The van der Waals surface area contributed by atoms with Gasteiger partial charge in [0.15, 0.2) is 11.5 Å². The number of nitrogens with one attached hydrogen (secondary N) is 1. The molecule has 2 aromatic carbocycles. The monoisotopic (exact) mass is 368 g/mol. The van der Waals surface area contributed by atoms with Crippen LogP contribution in [0.1, 0.15) is 40.5 Å². The summed E-state index contributed by atoms with van der Waals surface area (Å²) in [5.41, 5.74) is 1.69. The van der Waals surface area contributed by atoms with Crippen LogP contribution in [0.4, 0.5) is 5.69 Å². The molecule has 2 aromatic rings. The number of benzene rings is 2. The van der Waals surface area contributed by atoms with Crippen LogP contribution in [0.15, 0.2) is 42.5 Å². The molecule has 0 bridgehead atoms. The van der Waals surface area contributed by atoms with Crippen LogP contribution < -0.4 is 14.8 Å². The Hall–Kier alpha value is -3.02. The van der Waals surface area contributed by atoms with E-state index in [4.69, 9.17) is 9.47 Å². The van der Waals surface area contributed by atoms with E-state index in [0.717, 1.165) is 19.4 Å². The zero-order chi connectivity index (χ0) is 19.2. The number of fused-ring (bicyclic) bond motifs is 1. The number of hydrogen-bond donors (Lipinski definition) is 1. The molecule has 0 unspecified atom stereocenters. The van der Waals surface area contributed by atoms with Crippen LogP contribution >= 0.6 is 0 Å². The third-order valence-corrected chi connectivity index (χ3v) is 4.39. The van der Waals surface area contributed by atoms with Gasteiger partial charge in [-0.2, -0.15) is 0 Å². The second-order valence-electron chi connectivity index (χ2n) is 6.47. The van der Waals surface area contributed by atoms with Gasteiger partial charge >= 0.3 is 0 Å². The van der Waals surface area contributed by atoms with Crippen molar-refractivity contribution in [3.8, 4) is 11.5 Å². The maximum Gasteiger partial charge on any atom is 0.255 e. The van der Waals surface area contributed by atoms with E-state index in [0.29, 0.717) is 41.5 Å². The van der Waals surface area contributed by atoms with Crippen molar-refractivity contribution in [1.82, 2.24) is 4.90 Å². The van der Waals surface area contributed by atoms with E-state index < -0.39 is 0 Å². The molecule has 0 aromatic heterocycles. The van der Waals surface area contributed by atoms with Crippen LogP contribution in [-0.4, -0.2) is 43.5 Å². The molecule has 2 amide bonds. The summed E-state index contributed by atoms with van der Waals surface area (Å²) in [6, 6.07) is 12.0. The molecular formula is C21H24N2O4. The zero-order valence-electron chi connectivity index (χ0n) is 15.7. The summed E-state index contributed by atoms with van der Waals surface area (Å²) in [5.74, 6) is 1.01. The maximum absolute atomic E-state index is 12.5. The standard InChI is InChI=1S/C21H24N2O4/c1-3-4-11-23(2)21(25)16-7-5-15(6-8-16)20(24)22-17-9-10-18-19(14-17)27-13-12-26-18/h5-10,14H,3-4,11-13H2,1-2H3,(H,22,24). The molecule has 0 radical (unpaired) electrons. The van der Waals surface area contributed by atoms with Gasteiger partial charge in [0, 0.05) is 36.5 Å². The van der Waals surface area contributed by atoms with Crippen LogP contribution in [0.5, 0.6) is 11.5 Å². The predicted octanol–water partition coefficient (Wildman–Crippen LogP) is 3.58. The van der Waals surface area contributed by atoms with Crippen molar-refractivity contribution in [2.75, 3.05) is 32.1 Å². The second kappa shape index (κ2) is 8.58. The summed E-state index contributed by atoms with van der Waals surface area (Å²) < 4.78 is 11.0. The van der Waals surface area contributed by atoms with Gasteiger partial charge in [-0.05, 0) is 42.8 Å². The van der Waals surface area contributed by atoms with Crippen molar-refractivity contribution < 1.29 is 19.1 Å². The Labute approximate surface area is 159 Å². The number of hydrogen-bond acceptors (Lipinski definition) is 4. The van der Waals surface area contributed by atoms with E-state index in [1.54, 1.807) is 54.4 Å². The Morgan fingerprint density at radius 1 is 1.00 bits per heavy atom. The van der Waals surface area contributed by atoms with Crippen LogP contribution in [0.2, 0.25) is 0 Å². The topological polar surface area (TPSA) is 67.9 Å². The number of unbranched alkanes of at least 4 members (excludes halogenated alkanes) is 1. The first-order chi connectivity index (χ1) is 13.1. The van der Waals surface area contributed by atoms with Gasteiger partial charge in [0.1, 0.15) is 13.2 Å². The average molecular weight is 368 g/mol. The van der Waals surface area contributed by atoms with Crippen LogP contribution in [-0.2, 0) is 0 Å². The summed E-state index contributed by atoms with van der Waals surface area (Å²) >= 11 is 0. The Morgan fingerprint density at radius 3 is 2.37 bits per heavy atom. The Kier molecular flexibility index (Phi) is 5.96. The Bertz CT molecular complexity index is 817. The van der Waals surface area contributed by atoms with Gasteiger partial charge in [-0.3, -0.25) is 9.59 Å². The number of carbonyl (C=O) groups is 2. The molecule has 3 rings (SSSR count). The predicted molar refractivity (Wildman–Crippen MR) is 104 cm³/mol.